The number of aliphatic hydroxyl groups is 1. The number of fused-ring (bicyclic) bond motifs is 5. The Bertz CT molecular complexity index is 1150. The van der Waals surface area contributed by atoms with E-state index in [1.807, 2.05) is 18.2 Å². The van der Waals surface area contributed by atoms with Crippen molar-refractivity contribution in [1.29, 1.82) is 0 Å². The number of nitrogens with two attached hydrogens (primary N) is 1. The van der Waals surface area contributed by atoms with Crippen LogP contribution in [0, 0.1) is 17.3 Å². The molecule has 0 amide bonds. The van der Waals surface area contributed by atoms with Crippen molar-refractivity contribution >= 4 is 18.4 Å². The molecule has 5 rings (SSSR count). The Balaban J connectivity index is 1.40. The summed E-state index contributed by atoms with van der Waals surface area (Å²) in [4.78, 5) is 4.08. The number of ether oxygens (including phenoxy) is 3. The van der Waals surface area contributed by atoms with Crippen LogP contribution in [-0.4, -0.2) is 32.5 Å². The van der Waals surface area contributed by atoms with Crippen LogP contribution in [0.3, 0.4) is 0 Å². The molecule has 2 fully saturated rings. The number of aryl methyl sites for hydroxylation is 1. The fraction of sp³-hybridized carbons (Fsp3) is 0.500. The van der Waals surface area contributed by atoms with Crippen LogP contribution >= 0.6 is 12.3 Å². The molecule has 5 atom stereocenters. The van der Waals surface area contributed by atoms with E-state index in [9.17, 15) is 5.11 Å². The van der Waals surface area contributed by atoms with Crippen LogP contribution in [0.5, 0.6) is 23.0 Å². The number of benzene rings is 2. The van der Waals surface area contributed by atoms with Gasteiger partial charge in [-0.25, -0.2) is 0 Å². The summed E-state index contributed by atoms with van der Waals surface area (Å²) in [6, 6.07) is 10.1. The third-order valence-corrected chi connectivity index (χ3v) is 9.20. The highest BCUT2D eigenvalue weighted by atomic mass is 32.2. The van der Waals surface area contributed by atoms with E-state index in [2.05, 4.69) is 34.5 Å². The van der Waals surface area contributed by atoms with E-state index in [-0.39, 0.29) is 5.41 Å². The summed E-state index contributed by atoms with van der Waals surface area (Å²) in [7, 11) is 4.83. The van der Waals surface area contributed by atoms with Gasteiger partial charge in [-0.05, 0) is 96.4 Å². The molecule has 3 unspecified atom stereocenters. The molecule has 37 heavy (non-hydrogen) atoms. The SMILES string of the molecule is COc1cc(/C=C2\CC3C4CCc5cc(OSOON)ccc5C4CC[C@]3(C)[C@H]2O)cc(OC)c1OC. The summed E-state index contributed by atoms with van der Waals surface area (Å²) in [5, 5.41) is 11.6. The Labute approximate surface area is 222 Å². The van der Waals surface area contributed by atoms with Gasteiger partial charge in [-0.3, -0.25) is 0 Å². The van der Waals surface area contributed by atoms with Crippen LogP contribution < -0.4 is 24.3 Å². The van der Waals surface area contributed by atoms with Crippen LogP contribution in [0.25, 0.3) is 6.08 Å². The second kappa shape index (κ2) is 10.7. The molecule has 3 N–H and O–H groups in total. The van der Waals surface area contributed by atoms with E-state index in [1.54, 1.807) is 21.3 Å². The molecule has 0 spiro atoms. The Hall–Kier alpha value is -2.43. The maximum atomic E-state index is 11.6. The van der Waals surface area contributed by atoms with Crippen molar-refractivity contribution in [3.05, 3.63) is 52.6 Å². The lowest BCUT2D eigenvalue weighted by Gasteiger charge is -2.49. The highest BCUT2D eigenvalue weighted by Gasteiger charge is 2.56. The van der Waals surface area contributed by atoms with Gasteiger partial charge in [0.15, 0.2) is 11.5 Å². The number of hydrogen-bond acceptors (Lipinski definition) is 9. The predicted octanol–water partition coefficient (Wildman–Crippen LogP) is 5.39. The third kappa shape index (κ3) is 4.68. The van der Waals surface area contributed by atoms with Crippen molar-refractivity contribution in [2.45, 2.75) is 51.0 Å². The Morgan fingerprint density at radius 1 is 1.05 bits per heavy atom. The minimum absolute atomic E-state index is 0.135. The second-order valence-electron chi connectivity index (χ2n) is 10.4. The van der Waals surface area contributed by atoms with Crippen molar-refractivity contribution < 1.29 is 32.8 Å². The summed E-state index contributed by atoms with van der Waals surface area (Å²) in [6.45, 7) is 2.28. The Kier molecular flexibility index (Phi) is 7.60. The zero-order valence-electron chi connectivity index (χ0n) is 21.7. The molecule has 200 valence electrons. The number of aliphatic hydroxyl groups excluding tert-OH is 1. The van der Waals surface area contributed by atoms with Crippen LogP contribution in [-0.2, 0) is 15.7 Å². The first-order valence-electron chi connectivity index (χ1n) is 12.6. The number of rotatable bonds is 8. The van der Waals surface area contributed by atoms with Gasteiger partial charge in [0.2, 0.25) is 5.75 Å². The van der Waals surface area contributed by atoms with Crippen molar-refractivity contribution in [3.63, 3.8) is 0 Å². The quantitative estimate of drug-likeness (QED) is 0.202. The van der Waals surface area contributed by atoms with Crippen LogP contribution in [0.15, 0.2) is 35.9 Å². The van der Waals surface area contributed by atoms with E-state index >= 15 is 0 Å². The van der Waals surface area contributed by atoms with E-state index in [0.29, 0.717) is 53.1 Å². The zero-order chi connectivity index (χ0) is 26.2. The summed E-state index contributed by atoms with van der Waals surface area (Å²) in [5.41, 5.74) is 4.61. The Morgan fingerprint density at radius 3 is 2.49 bits per heavy atom. The molecule has 3 aliphatic carbocycles. The molecule has 0 saturated heterocycles. The molecule has 0 heterocycles. The summed E-state index contributed by atoms with van der Waals surface area (Å²) < 4.78 is 26.6. The molecule has 3 aliphatic rings. The minimum atomic E-state index is -0.475. The van der Waals surface area contributed by atoms with E-state index in [1.165, 1.54) is 11.1 Å². The smallest absolute Gasteiger partial charge is 0.260 e. The molecular formula is C28H35NO7S. The highest BCUT2D eigenvalue weighted by Crippen LogP contribution is 2.62. The zero-order valence-corrected chi connectivity index (χ0v) is 22.5. The van der Waals surface area contributed by atoms with E-state index in [4.69, 9.17) is 24.3 Å². The maximum Gasteiger partial charge on any atom is 0.260 e. The van der Waals surface area contributed by atoms with Crippen molar-refractivity contribution in [1.82, 2.24) is 0 Å². The van der Waals surface area contributed by atoms with Gasteiger partial charge in [0.25, 0.3) is 12.3 Å². The molecule has 2 aromatic rings. The Morgan fingerprint density at radius 2 is 1.81 bits per heavy atom. The van der Waals surface area contributed by atoms with Crippen molar-refractivity contribution in [2.75, 3.05) is 21.3 Å². The normalized spacial score (nSPS) is 29.3. The largest absolute Gasteiger partial charge is 0.493 e. The fourth-order valence-electron chi connectivity index (χ4n) is 7.08. The summed E-state index contributed by atoms with van der Waals surface area (Å²) in [5.74, 6) is 8.80. The van der Waals surface area contributed by atoms with E-state index in [0.717, 1.165) is 43.2 Å². The van der Waals surface area contributed by atoms with Gasteiger partial charge in [0, 0.05) is 5.41 Å². The van der Waals surface area contributed by atoms with Crippen LogP contribution in [0.1, 0.15) is 55.2 Å². The van der Waals surface area contributed by atoms with Gasteiger partial charge in [-0.15, -0.1) is 9.32 Å². The van der Waals surface area contributed by atoms with Gasteiger partial charge in [-0.2, -0.15) is 5.90 Å². The van der Waals surface area contributed by atoms with Gasteiger partial charge in [0.1, 0.15) is 5.75 Å². The average molecular weight is 530 g/mol. The maximum absolute atomic E-state index is 11.6. The lowest BCUT2D eigenvalue weighted by Crippen LogP contribution is -2.44. The molecule has 0 aromatic heterocycles. The molecule has 0 bridgehead atoms. The molecule has 8 nitrogen and oxygen atoms in total. The summed E-state index contributed by atoms with van der Waals surface area (Å²) in [6.07, 6.45) is 6.66. The predicted molar refractivity (Wildman–Crippen MR) is 141 cm³/mol. The minimum Gasteiger partial charge on any atom is -0.493 e. The van der Waals surface area contributed by atoms with E-state index < -0.39 is 6.10 Å². The highest BCUT2D eigenvalue weighted by molar-refractivity contribution is 7.90. The number of hydrogen-bond donors (Lipinski definition) is 2. The molecule has 9 heteroatoms. The van der Waals surface area contributed by atoms with Crippen LogP contribution in [0.4, 0.5) is 0 Å². The topological polar surface area (TPSA) is 102 Å². The lowest BCUT2D eigenvalue weighted by atomic mass is 9.55. The van der Waals surface area contributed by atoms with Gasteiger partial charge < -0.3 is 23.5 Å². The first kappa shape index (κ1) is 26.2. The fourth-order valence-corrected chi connectivity index (χ4v) is 7.32. The van der Waals surface area contributed by atoms with Crippen molar-refractivity contribution in [3.8, 4) is 23.0 Å². The molecule has 0 aliphatic heterocycles. The third-order valence-electron chi connectivity index (χ3n) is 8.80. The van der Waals surface area contributed by atoms with Gasteiger partial charge >= 0.3 is 0 Å². The second-order valence-corrected chi connectivity index (χ2v) is 10.9. The first-order chi connectivity index (χ1) is 17.9. The molecule has 2 saturated carbocycles. The standard InChI is InChI=1S/C28H35NO7S/c1-28-10-9-21-20-8-6-19(34-37-36-35-29)14-17(20)5-7-22(21)23(28)15-18(27(28)30)11-16-12-24(31-2)26(33-4)25(13-16)32-3/h6,8,11-14,21-23,27,30H,5,7,9-10,15,29H2,1-4H3/b18-11+/t21?,22?,23?,27-,28-/m0/s1. The average Bonchev–Trinajstić information content (AvgIpc) is 3.17. The number of methoxy groups -OCH3 is 3. The van der Waals surface area contributed by atoms with Crippen molar-refractivity contribution in [2.24, 2.45) is 23.1 Å². The summed E-state index contributed by atoms with van der Waals surface area (Å²) >= 11 is 0.695. The monoisotopic (exact) mass is 529 g/mol. The molecule has 2 aromatic carbocycles. The lowest BCUT2D eigenvalue weighted by molar-refractivity contribution is -0.199. The van der Waals surface area contributed by atoms with Gasteiger partial charge in [0.05, 0.1) is 27.4 Å². The molecular weight excluding hydrogens is 494 g/mol. The first-order valence-corrected chi connectivity index (χ1v) is 13.3. The van der Waals surface area contributed by atoms with Crippen LogP contribution in [0.2, 0.25) is 0 Å². The molecule has 0 radical (unpaired) electrons. The van der Waals surface area contributed by atoms with Gasteiger partial charge in [-0.1, -0.05) is 19.1 Å².